The van der Waals surface area contributed by atoms with Crippen molar-refractivity contribution in [1.82, 2.24) is 35.6 Å². The molecule has 2 fully saturated rings. The Morgan fingerprint density at radius 2 is 1.72 bits per heavy atom. The molecule has 7 rings (SSSR count). The maximum atomic E-state index is 13.8. The van der Waals surface area contributed by atoms with E-state index in [1.807, 2.05) is 42.1 Å². The van der Waals surface area contributed by atoms with Gasteiger partial charge in [0, 0.05) is 86.5 Å². The van der Waals surface area contributed by atoms with Gasteiger partial charge in [0.25, 0.3) is 11.8 Å². The summed E-state index contributed by atoms with van der Waals surface area (Å²) in [6.07, 6.45) is 5.52. The Morgan fingerprint density at radius 1 is 0.930 bits per heavy atom. The van der Waals surface area contributed by atoms with Crippen molar-refractivity contribution in [3.63, 3.8) is 0 Å². The topological polar surface area (TPSA) is 135 Å². The molecule has 0 radical (unpaired) electrons. The minimum Gasteiger partial charge on any atom is -0.496 e. The van der Waals surface area contributed by atoms with Gasteiger partial charge in [-0.25, -0.2) is 9.67 Å². The molecule has 0 atom stereocenters. The molecule has 2 aromatic heterocycles. The highest BCUT2D eigenvalue weighted by Crippen LogP contribution is 2.33. The molecule has 5 aromatic rings. The quantitative estimate of drug-likeness (QED) is 0.104. The fraction of sp³-hybridized carbons (Fsp3) is 0.422. The number of pyridine rings is 1. The molecule has 300 valence electrons. The zero-order valence-corrected chi connectivity index (χ0v) is 33.7. The van der Waals surface area contributed by atoms with E-state index >= 15 is 0 Å². The third-order valence-electron chi connectivity index (χ3n) is 11.0. The molecule has 0 aliphatic carbocycles. The number of anilines is 1. The molecule has 57 heavy (non-hydrogen) atoms. The number of hydrogen-bond acceptors (Lipinski definition) is 9. The molecule has 12 heteroatoms. The third-order valence-corrected chi connectivity index (χ3v) is 11.0. The standard InChI is InChI=1S/C45H56N8O4/c1-5-40-38(42(50-36-13-19-57-20-14-36)39-28-49-53(6-2)43(39)51-40)27-48-45(55)35-22-30(3)21-34(25-35)44(54)47-26-31-11-12-41(56-4)37(24-31)33-10-7-9-32(23-33)29-52-17-8-15-46-16-18-52/h7,9-12,21-25,28,36,46H,5-6,8,13-20,26-27,29H2,1-4H3,(H,47,54)(H,48,55)(H,50,51). The number of ether oxygens (including phenoxy) is 2. The van der Waals surface area contributed by atoms with Gasteiger partial charge < -0.3 is 30.7 Å². The highest BCUT2D eigenvalue weighted by molar-refractivity contribution is 6.00. The monoisotopic (exact) mass is 772 g/mol. The van der Waals surface area contributed by atoms with Gasteiger partial charge in [-0.3, -0.25) is 14.5 Å². The van der Waals surface area contributed by atoms with Crippen LogP contribution in [0.4, 0.5) is 5.69 Å². The Hall–Kier alpha value is -5.30. The van der Waals surface area contributed by atoms with Crippen LogP contribution in [0, 0.1) is 6.92 Å². The number of aryl methyl sites for hydroxylation is 3. The Bertz CT molecular complexity index is 2190. The molecular formula is C45H56N8O4. The fourth-order valence-electron chi connectivity index (χ4n) is 7.95. The van der Waals surface area contributed by atoms with E-state index in [1.165, 1.54) is 5.56 Å². The van der Waals surface area contributed by atoms with Crippen molar-refractivity contribution in [3.8, 4) is 16.9 Å². The second-order valence-electron chi connectivity index (χ2n) is 15.1. The Kier molecular flexibility index (Phi) is 13.1. The lowest BCUT2D eigenvalue weighted by molar-refractivity contribution is 0.0904. The van der Waals surface area contributed by atoms with Crippen LogP contribution in [-0.2, 0) is 37.3 Å². The van der Waals surface area contributed by atoms with Gasteiger partial charge in [0.05, 0.1) is 24.4 Å². The van der Waals surface area contributed by atoms with Crippen LogP contribution in [0.3, 0.4) is 0 Å². The van der Waals surface area contributed by atoms with Crippen molar-refractivity contribution in [2.24, 2.45) is 0 Å². The number of rotatable bonds is 14. The van der Waals surface area contributed by atoms with Crippen LogP contribution >= 0.6 is 0 Å². The lowest BCUT2D eigenvalue weighted by Crippen LogP contribution is -2.30. The number of carbonyl (C=O) groups is 2. The molecule has 0 unspecified atom stereocenters. The molecule has 2 aliphatic rings. The average molecular weight is 773 g/mol. The van der Waals surface area contributed by atoms with Crippen LogP contribution in [0.15, 0.2) is 66.9 Å². The van der Waals surface area contributed by atoms with Crippen LogP contribution in [0.5, 0.6) is 5.75 Å². The van der Waals surface area contributed by atoms with E-state index < -0.39 is 0 Å². The zero-order chi connectivity index (χ0) is 39.7. The lowest BCUT2D eigenvalue weighted by Gasteiger charge is -2.26. The van der Waals surface area contributed by atoms with E-state index in [0.29, 0.717) is 43.9 Å². The molecule has 2 saturated heterocycles. The van der Waals surface area contributed by atoms with Crippen molar-refractivity contribution < 1.29 is 19.1 Å². The van der Waals surface area contributed by atoms with Crippen molar-refractivity contribution in [3.05, 3.63) is 106 Å². The predicted molar refractivity (Wildman–Crippen MR) is 225 cm³/mol. The summed E-state index contributed by atoms with van der Waals surface area (Å²) in [7, 11) is 1.68. The summed E-state index contributed by atoms with van der Waals surface area (Å²) in [5.41, 5.74) is 9.59. The number of aromatic nitrogens is 3. The molecular weight excluding hydrogens is 717 g/mol. The Morgan fingerprint density at radius 3 is 2.47 bits per heavy atom. The average Bonchev–Trinajstić information content (AvgIpc) is 3.48. The Labute approximate surface area is 335 Å². The van der Waals surface area contributed by atoms with Crippen LogP contribution in [0.2, 0.25) is 0 Å². The highest BCUT2D eigenvalue weighted by Gasteiger charge is 2.23. The molecule has 4 N–H and O–H groups in total. The molecule has 4 heterocycles. The van der Waals surface area contributed by atoms with Gasteiger partial charge in [0.1, 0.15) is 5.75 Å². The second kappa shape index (κ2) is 18.8. The third kappa shape index (κ3) is 9.64. The fourth-order valence-corrected chi connectivity index (χ4v) is 7.95. The first kappa shape index (κ1) is 39.9. The normalized spacial score (nSPS) is 15.3. The summed E-state index contributed by atoms with van der Waals surface area (Å²) in [6, 6.07) is 20.2. The van der Waals surface area contributed by atoms with E-state index in [0.717, 1.165) is 108 Å². The van der Waals surface area contributed by atoms with Gasteiger partial charge >= 0.3 is 0 Å². The summed E-state index contributed by atoms with van der Waals surface area (Å²) < 4.78 is 13.3. The van der Waals surface area contributed by atoms with Gasteiger partial charge in [-0.1, -0.05) is 31.2 Å². The van der Waals surface area contributed by atoms with Crippen LogP contribution < -0.4 is 26.0 Å². The SMILES string of the molecule is CCc1nc2c(cnn2CC)c(NC2CCOCC2)c1CNC(=O)c1cc(C)cc(C(=O)NCc2ccc(OC)c(-c3cccc(CN4CCCNCC4)c3)c2)c1. The molecule has 2 amide bonds. The number of carbonyl (C=O) groups excluding carboxylic acids is 2. The summed E-state index contributed by atoms with van der Waals surface area (Å²) in [5.74, 6) is 0.267. The number of benzene rings is 3. The van der Waals surface area contributed by atoms with Crippen molar-refractivity contribution in [1.29, 1.82) is 0 Å². The van der Waals surface area contributed by atoms with Crippen LogP contribution in [-0.4, -0.2) is 84.0 Å². The van der Waals surface area contributed by atoms with Gasteiger partial charge in [0.15, 0.2) is 5.65 Å². The predicted octanol–water partition coefficient (Wildman–Crippen LogP) is 6.24. The molecule has 12 nitrogen and oxygen atoms in total. The van der Waals surface area contributed by atoms with E-state index in [4.69, 9.17) is 14.5 Å². The highest BCUT2D eigenvalue weighted by atomic mass is 16.5. The number of hydrogen-bond donors (Lipinski definition) is 4. The van der Waals surface area contributed by atoms with E-state index in [9.17, 15) is 9.59 Å². The summed E-state index contributed by atoms with van der Waals surface area (Å²) in [5, 5.41) is 19.0. The molecule has 0 bridgehead atoms. The summed E-state index contributed by atoms with van der Waals surface area (Å²) in [6.45, 7) is 13.9. The summed E-state index contributed by atoms with van der Waals surface area (Å²) in [4.78, 5) is 34.9. The Balaban J connectivity index is 1.05. The number of amides is 2. The minimum atomic E-state index is -0.259. The number of nitrogens with one attached hydrogen (secondary N) is 4. The second-order valence-corrected chi connectivity index (χ2v) is 15.1. The van der Waals surface area contributed by atoms with Crippen molar-refractivity contribution in [2.75, 3.05) is 51.8 Å². The maximum Gasteiger partial charge on any atom is 0.251 e. The van der Waals surface area contributed by atoms with Gasteiger partial charge in [0.2, 0.25) is 0 Å². The number of fused-ring (bicyclic) bond motifs is 1. The molecule has 0 spiro atoms. The van der Waals surface area contributed by atoms with Gasteiger partial charge in [-0.15, -0.1) is 0 Å². The number of methoxy groups -OCH3 is 1. The molecule has 0 saturated carbocycles. The first-order valence-corrected chi connectivity index (χ1v) is 20.4. The van der Waals surface area contributed by atoms with Crippen molar-refractivity contribution in [2.45, 2.75) is 78.7 Å². The lowest BCUT2D eigenvalue weighted by atomic mass is 9.99. The van der Waals surface area contributed by atoms with E-state index in [2.05, 4.69) is 75.4 Å². The largest absolute Gasteiger partial charge is 0.496 e. The molecule has 3 aromatic carbocycles. The first-order chi connectivity index (χ1) is 27.8. The summed E-state index contributed by atoms with van der Waals surface area (Å²) >= 11 is 0. The van der Waals surface area contributed by atoms with Crippen molar-refractivity contribution >= 4 is 28.5 Å². The van der Waals surface area contributed by atoms with Crippen LogP contribution in [0.1, 0.15) is 81.8 Å². The van der Waals surface area contributed by atoms with E-state index in [1.54, 1.807) is 13.2 Å². The van der Waals surface area contributed by atoms with Gasteiger partial charge in [-0.2, -0.15) is 5.10 Å². The molecule has 2 aliphatic heterocycles. The van der Waals surface area contributed by atoms with Gasteiger partial charge in [-0.05, 0) is 111 Å². The minimum absolute atomic E-state index is 0.249. The van der Waals surface area contributed by atoms with E-state index in [-0.39, 0.29) is 24.4 Å². The smallest absolute Gasteiger partial charge is 0.251 e. The maximum absolute atomic E-state index is 13.8. The van der Waals surface area contributed by atoms with Crippen LogP contribution in [0.25, 0.3) is 22.2 Å². The first-order valence-electron chi connectivity index (χ1n) is 20.4. The zero-order valence-electron chi connectivity index (χ0n) is 33.7. The number of nitrogens with zero attached hydrogens (tertiary/aromatic N) is 4.